The molecule has 5 heteroatoms. The van der Waals surface area contributed by atoms with Gasteiger partial charge in [0.05, 0.1) is 6.07 Å². The van der Waals surface area contributed by atoms with E-state index < -0.39 is 6.04 Å². The van der Waals surface area contributed by atoms with Crippen LogP contribution in [0.15, 0.2) is 30.3 Å². The summed E-state index contributed by atoms with van der Waals surface area (Å²) in [5.74, 6) is -0.157. The summed E-state index contributed by atoms with van der Waals surface area (Å²) in [4.78, 5) is 28.7. The van der Waals surface area contributed by atoms with Crippen molar-refractivity contribution in [3.8, 4) is 6.07 Å². The maximum absolute atomic E-state index is 12.7. The minimum absolute atomic E-state index is 0.0640. The van der Waals surface area contributed by atoms with Crippen LogP contribution in [-0.2, 0) is 4.79 Å². The van der Waals surface area contributed by atoms with Crippen molar-refractivity contribution in [2.75, 3.05) is 13.1 Å². The third kappa shape index (κ3) is 2.57. The van der Waals surface area contributed by atoms with Gasteiger partial charge in [0.1, 0.15) is 12.1 Å². The Bertz CT molecular complexity index is 608. The molecule has 0 aromatic heterocycles. The summed E-state index contributed by atoms with van der Waals surface area (Å²) >= 11 is 0. The lowest BCUT2D eigenvalue weighted by molar-refractivity contribution is -0.135. The standard InChI is InChI=1S/C17H19N3O2/c18-12-14-8-4-10-19(14)17(22)15-9-5-11-20(15)16(21)13-6-2-1-3-7-13/h1-3,6-7,14-15H,4-5,8-11H2. The molecule has 2 fully saturated rings. The van der Waals surface area contributed by atoms with Crippen molar-refractivity contribution in [3.63, 3.8) is 0 Å². The number of nitriles is 1. The number of hydrogen-bond donors (Lipinski definition) is 0. The molecule has 2 atom stereocenters. The van der Waals surface area contributed by atoms with Gasteiger partial charge in [0.25, 0.3) is 5.91 Å². The summed E-state index contributed by atoms with van der Waals surface area (Å²) in [5.41, 5.74) is 0.612. The van der Waals surface area contributed by atoms with Crippen LogP contribution in [0.4, 0.5) is 0 Å². The monoisotopic (exact) mass is 297 g/mol. The second-order valence-electron chi connectivity index (χ2n) is 5.84. The quantitative estimate of drug-likeness (QED) is 0.836. The van der Waals surface area contributed by atoms with Crippen LogP contribution < -0.4 is 0 Å². The Kier molecular flexibility index (Phi) is 4.10. The number of benzene rings is 1. The lowest BCUT2D eigenvalue weighted by atomic mass is 10.1. The van der Waals surface area contributed by atoms with Gasteiger partial charge in [-0.15, -0.1) is 0 Å². The van der Waals surface area contributed by atoms with Gasteiger partial charge in [-0.1, -0.05) is 18.2 Å². The first kappa shape index (κ1) is 14.6. The van der Waals surface area contributed by atoms with Crippen molar-refractivity contribution in [1.82, 2.24) is 9.80 Å². The molecule has 3 rings (SSSR count). The van der Waals surface area contributed by atoms with Crippen LogP contribution in [0.25, 0.3) is 0 Å². The molecule has 1 aromatic rings. The molecule has 2 aliphatic heterocycles. The van der Waals surface area contributed by atoms with Crippen LogP contribution in [0.5, 0.6) is 0 Å². The zero-order valence-electron chi connectivity index (χ0n) is 12.4. The highest BCUT2D eigenvalue weighted by Gasteiger charge is 2.40. The lowest BCUT2D eigenvalue weighted by Gasteiger charge is -2.29. The van der Waals surface area contributed by atoms with Gasteiger partial charge in [0.15, 0.2) is 0 Å². The van der Waals surface area contributed by atoms with Crippen LogP contribution in [-0.4, -0.2) is 46.8 Å². The second-order valence-corrected chi connectivity index (χ2v) is 5.84. The number of carbonyl (C=O) groups excluding carboxylic acids is 2. The topological polar surface area (TPSA) is 64.4 Å². The highest BCUT2D eigenvalue weighted by atomic mass is 16.2. The zero-order chi connectivity index (χ0) is 15.5. The predicted octanol–water partition coefficient (Wildman–Crippen LogP) is 1.81. The van der Waals surface area contributed by atoms with Crippen LogP contribution in [0, 0.1) is 11.3 Å². The second kappa shape index (κ2) is 6.18. The SMILES string of the molecule is N#CC1CCCN1C(=O)C1CCCN1C(=O)c1ccccc1. The first-order valence-electron chi connectivity index (χ1n) is 7.78. The minimum atomic E-state index is -0.415. The molecule has 2 aliphatic rings. The van der Waals surface area contributed by atoms with Gasteiger partial charge in [-0.25, -0.2) is 0 Å². The highest BCUT2D eigenvalue weighted by Crippen LogP contribution is 2.25. The van der Waals surface area contributed by atoms with Crippen molar-refractivity contribution in [2.45, 2.75) is 37.8 Å². The average molecular weight is 297 g/mol. The summed E-state index contributed by atoms with van der Waals surface area (Å²) in [6.07, 6.45) is 3.12. The third-order valence-electron chi connectivity index (χ3n) is 4.50. The fourth-order valence-electron chi connectivity index (χ4n) is 3.37. The van der Waals surface area contributed by atoms with E-state index in [-0.39, 0.29) is 17.9 Å². The number of likely N-dealkylation sites (tertiary alicyclic amines) is 2. The summed E-state index contributed by atoms with van der Waals surface area (Å²) in [6.45, 7) is 1.23. The van der Waals surface area contributed by atoms with E-state index in [1.54, 1.807) is 21.9 Å². The van der Waals surface area contributed by atoms with E-state index in [1.807, 2.05) is 18.2 Å². The molecule has 0 N–H and O–H groups in total. The molecule has 0 aliphatic carbocycles. The summed E-state index contributed by atoms with van der Waals surface area (Å²) in [5, 5.41) is 9.16. The first-order chi connectivity index (χ1) is 10.7. The summed E-state index contributed by atoms with van der Waals surface area (Å²) < 4.78 is 0. The van der Waals surface area contributed by atoms with Crippen LogP contribution in [0.1, 0.15) is 36.0 Å². The molecule has 0 bridgehead atoms. The minimum Gasteiger partial charge on any atom is -0.327 e. The maximum Gasteiger partial charge on any atom is 0.254 e. The van der Waals surface area contributed by atoms with Gasteiger partial charge in [-0.3, -0.25) is 9.59 Å². The van der Waals surface area contributed by atoms with Crippen molar-refractivity contribution in [3.05, 3.63) is 35.9 Å². The van der Waals surface area contributed by atoms with E-state index in [4.69, 9.17) is 5.26 Å². The molecular formula is C17H19N3O2. The number of amides is 2. The summed E-state index contributed by atoms with van der Waals surface area (Å²) in [6, 6.07) is 10.5. The molecule has 22 heavy (non-hydrogen) atoms. The van der Waals surface area contributed by atoms with Crippen LogP contribution in [0.2, 0.25) is 0 Å². The van der Waals surface area contributed by atoms with E-state index in [2.05, 4.69) is 6.07 Å². The van der Waals surface area contributed by atoms with Gasteiger partial charge < -0.3 is 9.80 Å². The average Bonchev–Trinajstić information content (AvgIpc) is 3.23. The number of carbonyl (C=O) groups is 2. The van der Waals surface area contributed by atoms with Crippen LogP contribution in [0.3, 0.4) is 0 Å². The zero-order valence-corrected chi connectivity index (χ0v) is 12.4. The Morgan fingerprint density at radius 3 is 2.45 bits per heavy atom. The van der Waals surface area contributed by atoms with E-state index in [0.29, 0.717) is 25.1 Å². The Labute approximate surface area is 130 Å². The molecule has 114 valence electrons. The van der Waals surface area contributed by atoms with Gasteiger partial charge in [-0.05, 0) is 37.8 Å². The molecule has 0 spiro atoms. The van der Waals surface area contributed by atoms with Crippen molar-refractivity contribution < 1.29 is 9.59 Å². The molecular weight excluding hydrogens is 278 g/mol. The molecule has 2 saturated heterocycles. The van der Waals surface area contributed by atoms with Gasteiger partial charge in [0, 0.05) is 18.7 Å². The van der Waals surface area contributed by atoms with E-state index in [1.165, 1.54) is 0 Å². The highest BCUT2D eigenvalue weighted by molar-refractivity contribution is 5.98. The fraction of sp³-hybridized carbons (Fsp3) is 0.471. The Morgan fingerprint density at radius 2 is 1.73 bits per heavy atom. The van der Waals surface area contributed by atoms with Gasteiger partial charge in [-0.2, -0.15) is 5.26 Å². The Balaban J connectivity index is 1.77. The van der Waals surface area contributed by atoms with Crippen molar-refractivity contribution >= 4 is 11.8 Å². The number of nitrogens with zero attached hydrogens (tertiary/aromatic N) is 3. The normalized spacial score (nSPS) is 24.3. The smallest absolute Gasteiger partial charge is 0.254 e. The molecule has 0 radical (unpaired) electrons. The molecule has 1 aromatic carbocycles. The summed E-state index contributed by atoms with van der Waals surface area (Å²) in [7, 11) is 0. The lowest BCUT2D eigenvalue weighted by Crippen LogP contribution is -2.49. The molecule has 2 unspecified atom stereocenters. The molecule has 0 saturated carbocycles. The molecule has 2 amide bonds. The molecule has 2 heterocycles. The van der Waals surface area contributed by atoms with E-state index >= 15 is 0 Å². The number of rotatable bonds is 2. The first-order valence-corrected chi connectivity index (χ1v) is 7.78. The van der Waals surface area contributed by atoms with E-state index in [9.17, 15) is 9.59 Å². The Hall–Kier alpha value is -2.35. The molecule has 5 nitrogen and oxygen atoms in total. The predicted molar refractivity (Wildman–Crippen MR) is 80.8 cm³/mol. The maximum atomic E-state index is 12.7. The van der Waals surface area contributed by atoms with Crippen molar-refractivity contribution in [2.24, 2.45) is 0 Å². The third-order valence-corrected chi connectivity index (χ3v) is 4.50. The van der Waals surface area contributed by atoms with Gasteiger partial charge in [0.2, 0.25) is 5.91 Å². The fourth-order valence-corrected chi connectivity index (χ4v) is 3.37. The van der Waals surface area contributed by atoms with Crippen molar-refractivity contribution in [1.29, 1.82) is 5.26 Å². The Morgan fingerprint density at radius 1 is 1.05 bits per heavy atom. The largest absolute Gasteiger partial charge is 0.327 e. The van der Waals surface area contributed by atoms with Crippen LogP contribution >= 0.6 is 0 Å². The van der Waals surface area contributed by atoms with E-state index in [0.717, 1.165) is 19.3 Å². The number of hydrogen-bond acceptors (Lipinski definition) is 3. The van der Waals surface area contributed by atoms with Gasteiger partial charge >= 0.3 is 0 Å².